The smallest absolute Gasteiger partial charge is 0.272 e. The van der Waals surface area contributed by atoms with Gasteiger partial charge in [0.25, 0.3) is 5.91 Å². The Labute approximate surface area is 163 Å². The van der Waals surface area contributed by atoms with Gasteiger partial charge in [-0.05, 0) is 36.6 Å². The van der Waals surface area contributed by atoms with E-state index in [0.29, 0.717) is 12.2 Å². The number of aromatic amines is 1. The number of rotatable bonds is 2. The summed E-state index contributed by atoms with van der Waals surface area (Å²) in [4.78, 5) is 19.0. The highest BCUT2D eigenvalue weighted by atomic mass is 16.2. The Hall–Kier alpha value is -3.34. The summed E-state index contributed by atoms with van der Waals surface area (Å²) in [5.41, 5.74) is 6.49. The first kappa shape index (κ1) is 16.8. The number of aryl methyl sites for hydroxylation is 2. The van der Waals surface area contributed by atoms with Gasteiger partial charge in [-0.3, -0.25) is 9.48 Å². The largest absolute Gasteiger partial charge is 0.356 e. The fraction of sp³-hybridized carbons (Fsp3) is 0.217. The molecule has 28 heavy (non-hydrogen) atoms. The Kier molecular flexibility index (Phi) is 3.83. The van der Waals surface area contributed by atoms with E-state index in [4.69, 9.17) is 0 Å². The molecule has 0 radical (unpaired) electrons. The van der Waals surface area contributed by atoms with Gasteiger partial charge in [0, 0.05) is 36.4 Å². The zero-order valence-electron chi connectivity index (χ0n) is 16.0. The molecule has 1 atom stereocenters. The lowest BCUT2D eigenvalue weighted by molar-refractivity contribution is 0.0680. The third kappa shape index (κ3) is 2.54. The number of fused-ring (bicyclic) bond motifs is 3. The molecule has 5 nitrogen and oxygen atoms in total. The van der Waals surface area contributed by atoms with Gasteiger partial charge in [0.1, 0.15) is 5.69 Å². The second kappa shape index (κ2) is 6.37. The Morgan fingerprint density at radius 3 is 2.64 bits per heavy atom. The van der Waals surface area contributed by atoms with Crippen LogP contribution >= 0.6 is 0 Å². The maximum Gasteiger partial charge on any atom is 0.272 e. The van der Waals surface area contributed by atoms with E-state index in [-0.39, 0.29) is 11.9 Å². The van der Waals surface area contributed by atoms with Gasteiger partial charge in [-0.2, -0.15) is 5.10 Å². The number of nitrogens with one attached hydrogen (secondary N) is 1. The first-order valence-corrected chi connectivity index (χ1v) is 9.58. The molecular formula is C23H22N4O. The average Bonchev–Trinajstić information content (AvgIpc) is 3.30. The average molecular weight is 370 g/mol. The van der Waals surface area contributed by atoms with E-state index < -0.39 is 0 Å². The lowest BCUT2D eigenvalue weighted by Crippen LogP contribution is -2.41. The molecule has 140 valence electrons. The number of nitrogens with zero attached hydrogens (tertiary/aromatic N) is 3. The van der Waals surface area contributed by atoms with Crippen molar-refractivity contribution in [2.75, 3.05) is 6.54 Å². The number of carbonyl (C=O) groups excluding carboxylic acids is 1. The molecule has 1 aliphatic rings. The van der Waals surface area contributed by atoms with E-state index >= 15 is 0 Å². The van der Waals surface area contributed by atoms with Gasteiger partial charge < -0.3 is 9.88 Å². The second-order valence-corrected chi connectivity index (χ2v) is 7.46. The van der Waals surface area contributed by atoms with Gasteiger partial charge in [0.2, 0.25) is 0 Å². The Balaban J connectivity index is 1.68. The van der Waals surface area contributed by atoms with Crippen LogP contribution in [0.3, 0.4) is 0 Å². The maximum atomic E-state index is 13.4. The lowest BCUT2D eigenvalue weighted by atomic mass is 9.91. The molecule has 5 heteroatoms. The van der Waals surface area contributed by atoms with E-state index in [1.54, 1.807) is 16.9 Å². The molecule has 1 N–H and O–H groups in total. The summed E-state index contributed by atoms with van der Waals surface area (Å²) in [5, 5.41) is 5.43. The minimum absolute atomic E-state index is 0.00915. The normalized spacial score (nSPS) is 16.4. The van der Waals surface area contributed by atoms with Gasteiger partial charge in [-0.1, -0.05) is 48.0 Å². The number of hydrogen-bond acceptors (Lipinski definition) is 2. The fourth-order valence-corrected chi connectivity index (χ4v) is 4.29. The van der Waals surface area contributed by atoms with Crippen molar-refractivity contribution in [2.24, 2.45) is 7.05 Å². The Bertz CT molecular complexity index is 1170. The predicted octanol–water partition coefficient (Wildman–Crippen LogP) is 4.00. The summed E-state index contributed by atoms with van der Waals surface area (Å²) >= 11 is 0. The molecule has 2 aromatic carbocycles. The highest BCUT2D eigenvalue weighted by molar-refractivity contribution is 5.94. The third-order valence-corrected chi connectivity index (χ3v) is 5.73. The quantitative estimate of drug-likeness (QED) is 0.580. The molecule has 1 amide bonds. The summed E-state index contributed by atoms with van der Waals surface area (Å²) in [7, 11) is 1.81. The van der Waals surface area contributed by atoms with Crippen molar-refractivity contribution in [3.05, 3.63) is 88.9 Å². The minimum Gasteiger partial charge on any atom is -0.356 e. The molecule has 0 fully saturated rings. The molecule has 0 bridgehead atoms. The summed E-state index contributed by atoms with van der Waals surface area (Å²) < 4.78 is 1.65. The first-order chi connectivity index (χ1) is 13.6. The van der Waals surface area contributed by atoms with Crippen molar-refractivity contribution in [1.29, 1.82) is 0 Å². The van der Waals surface area contributed by atoms with Gasteiger partial charge in [-0.25, -0.2) is 0 Å². The van der Waals surface area contributed by atoms with Gasteiger partial charge in [0.05, 0.1) is 6.04 Å². The van der Waals surface area contributed by atoms with Gasteiger partial charge in [0.15, 0.2) is 0 Å². The zero-order chi connectivity index (χ0) is 19.3. The molecule has 3 heterocycles. The summed E-state index contributed by atoms with van der Waals surface area (Å²) in [6.45, 7) is 2.76. The number of aromatic nitrogens is 3. The first-order valence-electron chi connectivity index (χ1n) is 9.58. The van der Waals surface area contributed by atoms with E-state index in [0.717, 1.165) is 23.2 Å². The molecule has 0 saturated carbocycles. The van der Waals surface area contributed by atoms with Crippen LogP contribution < -0.4 is 0 Å². The van der Waals surface area contributed by atoms with Crippen molar-refractivity contribution in [1.82, 2.24) is 19.7 Å². The zero-order valence-corrected chi connectivity index (χ0v) is 16.0. The molecule has 0 spiro atoms. The van der Waals surface area contributed by atoms with Crippen LogP contribution in [0.1, 0.15) is 38.9 Å². The number of H-pyrrole nitrogens is 1. The molecule has 4 aromatic rings. The van der Waals surface area contributed by atoms with Gasteiger partial charge in [-0.15, -0.1) is 0 Å². The predicted molar refractivity (Wildman–Crippen MR) is 109 cm³/mol. The molecule has 2 aromatic heterocycles. The Morgan fingerprint density at radius 2 is 1.89 bits per heavy atom. The van der Waals surface area contributed by atoms with E-state index in [1.807, 2.05) is 18.0 Å². The van der Waals surface area contributed by atoms with Crippen molar-refractivity contribution in [3.63, 3.8) is 0 Å². The number of amides is 1. The monoisotopic (exact) mass is 370 g/mol. The second-order valence-electron chi connectivity index (χ2n) is 7.46. The molecule has 0 saturated heterocycles. The van der Waals surface area contributed by atoms with Crippen LogP contribution in [0, 0.1) is 6.92 Å². The molecular weight excluding hydrogens is 348 g/mol. The number of hydrogen-bond donors (Lipinski definition) is 1. The van der Waals surface area contributed by atoms with Crippen LogP contribution in [0.5, 0.6) is 0 Å². The van der Waals surface area contributed by atoms with Crippen molar-refractivity contribution < 1.29 is 4.79 Å². The molecule has 1 aliphatic heterocycles. The SMILES string of the molecule is Cc1ccc([C@H]2c3[nH]c4ccccc4c3CCN2C(=O)c2ccnn2C)cc1. The van der Waals surface area contributed by atoms with Gasteiger partial charge >= 0.3 is 0 Å². The fourth-order valence-electron chi connectivity index (χ4n) is 4.29. The maximum absolute atomic E-state index is 13.4. The summed E-state index contributed by atoms with van der Waals surface area (Å²) in [6, 6.07) is 18.5. The molecule has 0 unspecified atom stereocenters. The van der Waals surface area contributed by atoms with E-state index in [2.05, 4.69) is 59.5 Å². The number of para-hydroxylation sites is 1. The van der Waals surface area contributed by atoms with Crippen molar-refractivity contribution in [2.45, 2.75) is 19.4 Å². The molecule has 5 rings (SSSR count). The van der Waals surface area contributed by atoms with Crippen LogP contribution in [0.2, 0.25) is 0 Å². The van der Waals surface area contributed by atoms with Crippen molar-refractivity contribution >= 4 is 16.8 Å². The van der Waals surface area contributed by atoms with Crippen molar-refractivity contribution in [3.8, 4) is 0 Å². The number of carbonyl (C=O) groups is 1. The summed E-state index contributed by atoms with van der Waals surface area (Å²) in [5.74, 6) is 0.00915. The highest BCUT2D eigenvalue weighted by Crippen LogP contribution is 2.39. The van der Waals surface area contributed by atoms with Crippen LogP contribution in [-0.4, -0.2) is 32.1 Å². The van der Waals surface area contributed by atoms with E-state index in [1.165, 1.54) is 16.5 Å². The topological polar surface area (TPSA) is 53.9 Å². The van der Waals surface area contributed by atoms with Crippen LogP contribution in [0.15, 0.2) is 60.8 Å². The van der Waals surface area contributed by atoms with Crippen LogP contribution in [0.25, 0.3) is 10.9 Å². The third-order valence-electron chi connectivity index (χ3n) is 5.73. The lowest BCUT2D eigenvalue weighted by Gasteiger charge is -2.36. The number of benzene rings is 2. The molecule has 0 aliphatic carbocycles. The summed E-state index contributed by atoms with van der Waals surface area (Å²) in [6.07, 6.45) is 2.51. The highest BCUT2D eigenvalue weighted by Gasteiger charge is 2.35. The Morgan fingerprint density at radius 1 is 1.11 bits per heavy atom. The van der Waals surface area contributed by atoms with E-state index in [9.17, 15) is 4.79 Å². The van der Waals surface area contributed by atoms with Crippen LogP contribution in [0.4, 0.5) is 0 Å². The standard InChI is InChI=1S/C23H22N4O/c1-15-7-9-16(10-8-15)22-21-18(17-5-3-4-6-19(17)25-21)12-14-27(22)23(28)20-11-13-24-26(20)2/h3-11,13,22,25H,12,14H2,1-2H3/t22-/m0/s1. The van der Waals surface area contributed by atoms with Crippen LogP contribution in [-0.2, 0) is 13.5 Å². The minimum atomic E-state index is -0.140.